The maximum atomic E-state index is 13.8. The second-order valence-electron chi connectivity index (χ2n) is 9.68. The van der Waals surface area contributed by atoms with Crippen LogP contribution >= 0.6 is 23.4 Å². The molecule has 194 valence electrons. The van der Waals surface area contributed by atoms with Crippen LogP contribution in [0.15, 0.2) is 84.9 Å². The van der Waals surface area contributed by atoms with Gasteiger partial charge in [0.15, 0.2) is 0 Å². The number of hydrogen-bond donors (Lipinski definition) is 1. The Bertz CT molecular complexity index is 1120. The summed E-state index contributed by atoms with van der Waals surface area (Å²) in [6.45, 7) is 0.359. The normalized spacial score (nSPS) is 14.6. The summed E-state index contributed by atoms with van der Waals surface area (Å²) in [7, 11) is 0. The molecule has 0 spiro atoms. The zero-order valence-electron chi connectivity index (χ0n) is 21.2. The van der Waals surface area contributed by atoms with Crippen LogP contribution in [0.3, 0.4) is 0 Å². The number of carbonyl (C=O) groups excluding carboxylic acids is 2. The molecule has 1 atom stereocenters. The van der Waals surface area contributed by atoms with Crippen LogP contribution in [-0.2, 0) is 28.3 Å². The van der Waals surface area contributed by atoms with E-state index < -0.39 is 6.04 Å². The van der Waals surface area contributed by atoms with Gasteiger partial charge in [-0.25, -0.2) is 0 Å². The maximum absolute atomic E-state index is 13.8. The molecule has 6 heteroatoms. The predicted molar refractivity (Wildman–Crippen MR) is 154 cm³/mol. The fraction of sp³-hybridized carbons (Fsp3) is 0.355. The zero-order valence-corrected chi connectivity index (χ0v) is 22.7. The van der Waals surface area contributed by atoms with Crippen LogP contribution in [0.4, 0.5) is 0 Å². The molecule has 0 aliphatic heterocycles. The summed E-state index contributed by atoms with van der Waals surface area (Å²) in [5.74, 6) is 0.963. The smallest absolute Gasteiger partial charge is 0.243 e. The molecular formula is C31H35ClN2O2S. The Labute approximate surface area is 229 Å². The topological polar surface area (TPSA) is 49.4 Å². The van der Waals surface area contributed by atoms with Crippen LogP contribution in [0.5, 0.6) is 0 Å². The van der Waals surface area contributed by atoms with E-state index in [1.807, 2.05) is 72.8 Å². The summed E-state index contributed by atoms with van der Waals surface area (Å²) in [6, 6.07) is 27.2. The number of benzene rings is 3. The number of thioether (sulfide) groups is 1. The first-order valence-corrected chi connectivity index (χ1v) is 14.6. The van der Waals surface area contributed by atoms with Gasteiger partial charge in [0, 0.05) is 29.8 Å². The van der Waals surface area contributed by atoms with E-state index in [-0.39, 0.29) is 17.9 Å². The molecule has 1 aliphatic carbocycles. The van der Waals surface area contributed by atoms with Gasteiger partial charge in [-0.15, -0.1) is 11.8 Å². The van der Waals surface area contributed by atoms with Gasteiger partial charge >= 0.3 is 0 Å². The van der Waals surface area contributed by atoms with Crippen molar-refractivity contribution in [2.24, 2.45) is 0 Å². The molecule has 1 saturated carbocycles. The summed E-state index contributed by atoms with van der Waals surface area (Å²) in [4.78, 5) is 29.3. The van der Waals surface area contributed by atoms with Crippen LogP contribution in [0.2, 0.25) is 5.02 Å². The Morgan fingerprint density at radius 3 is 2.11 bits per heavy atom. The number of hydrogen-bond acceptors (Lipinski definition) is 3. The van der Waals surface area contributed by atoms with Crippen LogP contribution < -0.4 is 5.32 Å². The van der Waals surface area contributed by atoms with Gasteiger partial charge in [-0.2, -0.15) is 0 Å². The number of halogens is 1. The first-order chi connectivity index (χ1) is 18.1. The highest BCUT2D eigenvalue weighted by Crippen LogP contribution is 2.21. The quantitative estimate of drug-likeness (QED) is 0.299. The number of nitrogens with one attached hydrogen (secondary N) is 1. The summed E-state index contributed by atoms with van der Waals surface area (Å²) >= 11 is 7.70. The van der Waals surface area contributed by atoms with Crippen molar-refractivity contribution in [3.63, 3.8) is 0 Å². The largest absolute Gasteiger partial charge is 0.352 e. The van der Waals surface area contributed by atoms with E-state index in [9.17, 15) is 9.59 Å². The average Bonchev–Trinajstić information content (AvgIpc) is 2.93. The third kappa shape index (κ3) is 8.65. The minimum absolute atomic E-state index is 0.0318. The van der Waals surface area contributed by atoms with E-state index in [4.69, 9.17) is 11.6 Å². The van der Waals surface area contributed by atoms with E-state index in [1.54, 1.807) is 16.7 Å². The fourth-order valence-corrected chi connectivity index (χ4v) is 5.79. The molecule has 1 N–H and O–H groups in total. The second kappa shape index (κ2) is 14.3. The van der Waals surface area contributed by atoms with E-state index in [1.165, 1.54) is 12.0 Å². The van der Waals surface area contributed by atoms with E-state index in [0.717, 1.165) is 42.6 Å². The molecule has 0 bridgehead atoms. The molecule has 0 radical (unpaired) electrons. The van der Waals surface area contributed by atoms with Gasteiger partial charge < -0.3 is 10.2 Å². The Kier molecular flexibility index (Phi) is 10.5. The van der Waals surface area contributed by atoms with Crippen LogP contribution in [0.1, 0.15) is 48.8 Å². The number of nitrogens with zero attached hydrogens (tertiary/aromatic N) is 1. The lowest BCUT2D eigenvalue weighted by molar-refractivity contribution is -0.139. The Hall–Kier alpha value is -2.76. The zero-order chi connectivity index (χ0) is 25.9. The van der Waals surface area contributed by atoms with Crippen molar-refractivity contribution >= 4 is 35.2 Å². The predicted octanol–water partition coefficient (Wildman–Crippen LogP) is 6.66. The minimum atomic E-state index is -0.593. The third-order valence-corrected chi connectivity index (χ3v) is 8.07. The average molecular weight is 535 g/mol. The van der Waals surface area contributed by atoms with Gasteiger partial charge in [0.25, 0.3) is 0 Å². The number of amides is 2. The molecule has 1 aliphatic rings. The van der Waals surface area contributed by atoms with E-state index in [2.05, 4.69) is 17.4 Å². The van der Waals surface area contributed by atoms with Crippen molar-refractivity contribution in [1.29, 1.82) is 0 Å². The molecule has 0 heterocycles. The summed E-state index contributed by atoms with van der Waals surface area (Å²) in [5, 5.41) is 3.94. The van der Waals surface area contributed by atoms with Crippen LogP contribution in [0.25, 0.3) is 0 Å². The Balaban J connectivity index is 1.56. The number of rotatable bonds is 11. The van der Waals surface area contributed by atoms with Gasteiger partial charge in [-0.05, 0) is 41.7 Å². The highest BCUT2D eigenvalue weighted by Gasteiger charge is 2.31. The van der Waals surface area contributed by atoms with Gasteiger partial charge in [-0.3, -0.25) is 9.59 Å². The van der Waals surface area contributed by atoms with Crippen LogP contribution in [0, 0.1) is 0 Å². The van der Waals surface area contributed by atoms with E-state index >= 15 is 0 Å². The molecule has 4 rings (SSSR count). The van der Waals surface area contributed by atoms with Crippen LogP contribution in [-0.4, -0.2) is 34.6 Å². The number of carbonyl (C=O) groups is 2. The van der Waals surface area contributed by atoms with Crippen molar-refractivity contribution in [3.05, 3.63) is 107 Å². The van der Waals surface area contributed by atoms with Crippen molar-refractivity contribution in [3.8, 4) is 0 Å². The Morgan fingerprint density at radius 1 is 0.838 bits per heavy atom. The summed E-state index contributed by atoms with van der Waals surface area (Å²) in [5.41, 5.74) is 3.17. The van der Waals surface area contributed by atoms with Crippen molar-refractivity contribution in [1.82, 2.24) is 10.2 Å². The molecule has 3 aromatic carbocycles. The van der Waals surface area contributed by atoms with E-state index in [0.29, 0.717) is 23.7 Å². The second-order valence-corrected chi connectivity index (χ2v) is 11.1. The van der Waals surface area contributed by atoms with Crippen molar-refractivity contribution < 1.29 is 9.59 Å². The van der Waals surface area contributed by atoms with Crippen molar-refractivity contribution in [2.45, 2.75) is 62.9 Å². The lowest BCUT2D eigenvalue weighted by Crippen LogP contribution is -2.53. The molecule has 0 aromatic heterocycles. The lowest BCUT2D eigenvalue weighted by Gasteiger charge is -2.33. The molecule has 3 aromatic rings. The highest BCUT2D eigenvalue weighted by molar-refractivity contribution is 7.99. The van der Waals surface area contributed by atoms with Gasteiger partial charge in [0.1, 0.15) is 6.04 Å². The van der Waals surface area contributed by atoms with Gasteiger partial charge in [0.2, 0.25) is 11.8 Å². The SMILES string of the molecule is O=C(NC1CCCCC1)[C@@H](Cc1ccccc1)N(Cc1ccc(Cl)cc1)C(=O)CSCc1ccccc1. The fourth-order valence-electron chi connectivity index (χ4n) is 4.80. The maximum Gasteiger partial charge on any atom is 0.243 e. The molecule has 1 fully saturated rings. The Morgan fingerprint density at radius 2 is 1.46 bits per heavy atom. The first kappa shape index (κ1) is 27.3. The van der Waals surface area contributed by atoms with Gasteiger partial charge in [-0.1, -0.05) is 104 Å². The molecular weight excluding hydrogens is 500 g/mol. The summed E-state index contributed by atoms with van der Waals surface area (Å²) < 4.78 is 0. The molecule has 0 unspecified atom stereocenters. The van der Waals surface area contributed by atoms with Gasteiger partial charge in [0.05, 0.1) is 5.75 Å². The molecule has 4 nitrogen and oxygen atoms in total. The first-order valence-electron chi connectivity index (χ1n) is 13.1. The molecule has 37 heavy (non-hydrogen) atoms. The minimum Gasteiger partial charge on any atom is -0.352 e. The van der Waals surface area contributed by atoms with Crippen molar-refractivity contribution in [2.75, 3.05) is 5.75 Å². The lowest BCUT2D eigenvalue weighted by atomic mass is 9.94. The third-order valence-electron chi connectivity index (χ3n) is 6.83. The highest BCUT2D eigenvalue weighted by atomic mass is 35.5. The molecule has 2 amide bonds. The summed E-state index contributed by atoms with van der Waals surface area (Å²) in [6.07, 6.45) is 5.97. The standard InChI is InChI=1S/C31H35ClN2O2S/c32-27-18-16-25(17-19-27)21-34(30(35)23-37-22-26-12-6-2-7-13-26)29(20-24-10-4-1-5-11-24)31(36)33-28-14-8-3-9-15-28/h1-2,4-7,10-13,16-19,28-29H,3,8-9,14-15,20-23H2,(H,33,36)/t29-/m1/s1. The monoisotopic (exact) mass is 534 g/mol. The molecule has 0 saturated heterocycles.